The Hall–Kier alpha value is -3.79. The largest absolute Gasteiger partial charge is 0.455 e. The van der Waals surface area contributed by atoms with E-state index in [2.05, 4.69) is 16.1 Å². The van der Waals surface area contributed by atoms with Gasteiger partial charge in [-0.25, -0.2) is 10.4 Å². The van der Waals surface area contributed by atoms with Crippen LogP contribution in [0.3, 0.4) is 0 Å². The first-order chi connectivity index (χ1) is 19.3. The van der Waals surface area contributed by atoms with Gasteiger partial charge in [0.2, 0.25) is 11.8 Å². The minimum absolute atomic E-state index is 0.221. The maximum atomic E-state index is 13.3. The van der Waals surface area contributed by atoms with Crippen molar-refractivity contribution in [1.82, 2.24) is 26.1 Å². The predicted octanol–water partition coefficient (Wildman–Crippen LogP) is 3.34. The number of carbonyl (C=O) groups is 4. The van der Waals surface area contributed by atoms with Gasteiger partial charge in [-0.15, -0.1) is 0 Å². The molecule has 1 saturated heterocycles. The topological polar surface area (TPSA) is 130 Å². The molecule has 1 aromatic carbocycles. The Bertz CT molecular complexity index is 1380. The number of aryl methyl sites for hydroxylation is 1. The molecule has 3 heterocycles. The van der Waals surface area contributed by atoms with Gasteiger partial charge >= 0.3 is 5.97 Å². The van der Waals surface area contributed by atoms with E-state index in [-0.39, 0.29) is 17.7 Å². The molecule has 0 saturated carbocycles. The van der Waals surface area contributed by atoms with E-state index in [1.807, 2.05) is 51.1 Å². The number of nitrogens with zero attached hydrogens (tertiary/aromatic N) is 2. The number of ether oxygens (including phenoxy) is 1. The molecule has 5 bridgehead atoms. The summed E-state index contributed by atoms with van der Waals surface area (Å²) in [7, 11) is 0. The highest BCUT2D eigenvalue weighted by molar-refractivity contribution is 5.94. The second kappa shape index (κ2) is 12.0. The molecule has 41 heavy (non-hydrogen) atoms. The first kappa shape index (κ1) is 30.2. The van der Waals surface area contributed by atoms with Gasteiger partial charge in [0.15, 0.2) is 0 Å². The Labute approximate surface area is 241 Å². The van der Waals surface area contributed by atoms with Crippen molar-refractivity contribution in [3.63, 3.8) is 0 Å². The second-order valence-corrected chi connectivity index (χ2v) is 12.0. The van der Waals surface area contributed by atoms with Gasteiger partial charge in [0.25, 0.3) is 5.91 Å². The number of rotatable bonds is 1. The van der Waals surface area contributed by atoms with Crippen molar-refractivity contribution in [2.45, 2.75) is 85.5 Å². The van der Waals surface area contributed by atoms with Crippen LogP contribution in [-0.4, -0.2) is 58.4 Å². The summed E-state index contributed by atoms with van der Waals surface area (Å²) >= 11 is 0. The summed E-state index contributed by atoms with van der Waals surface area (Å²) in [6.45, 7) is 12.9. The molecule has 4 rings (SSSR count). The average molecular weight is 564 g/mol. The van der Waals surface area contributed by atoms with Crippen LogP contribution in [0.4, 0.5) is 0 Å². The van der Waals surface area contributed by atoms with Crippen LogP contribution in [0.25, 0.3) is 17.0 Å². The van der Waals surface area contributed by atoms with Crippen molar-refractivity contribution >= 4 is 40.7 Å². The SMILES string of the molecule is Cc1cc2ccc3cc2nc1[C@@H](C)OC(=O)C1CCCN(N1)C(=O)C(C)NC(=O)C(C(C)C)NC(=O)C(C)(C)/C=C/3. The number of pyridine rings is 1. The van der Waals surface area contributed by atoms with Crippen LogP contribution in [0.1, 0.15) is 77.3 Å². The summed E-state index contributed by atoms with van der Waals surface area (Å²) in [6, 6.07) is 5.43. The van der Waals surface area contributed by atoms with Crippen LogP contribution in [-0.2, 0) is 23.9 Å². The van der Waals surface area contributed by atoms with E-state index >= 15 is 0 Å². The molecule has 10 nitrogen and oxygen atoms in total. The van der Waals surface area contributed by atoms with E-state index < -0.39 is 41.5 Å². The smallest absolute Gasteiger partial charge is 0.325 e. The van der Waals surface area contributed by atoms with E-state index in [0.717, 1.165) is 22.0 Å². The Morgan fingerprint density at radius 1 is 1.07 bits per heavy atom. The molecule has 3 N–H and O–H groups in total. The Morgan fingerprint density at radius 2 is 1.80 bits per heavy atom. The van der Waals surface area contributed by atoms with Gasteiger partial charge in [-0.3, -0.25) is 24.2 Å². The minimum atomic E-state index is -0.927. The zero-order valence-corrected chi connectivity index (χ0v) is 24.9. The molecule has 220 valence electrons. The second-order valence-electron chi connectivity index (χ2n) is 12.0. The zero-order chi connectivity index (χ0) is 30.1. The molecular weight excluding hydrogens is 522 g/mol. The number of hydrogen-bond acceptors (Lipinski definition) is 7. The van der Waals surface area contributed by atoms with E-state index in [0.29, 0.717) is 25.1 Å². The lowest BCUT2D eigenvalue weighted by atomic mass is 9.89. The Balaban J connectivity index is 1.73. The fourth-order valence-electron chi connectivity index (χ4n) is 5.09. The van der Waals surface area contributed by atoms with Crippen LogP contribution >= 0.6 is 0 Å². The first-order valence-electron chi connectivity index (χ1n) is 14.3. The third kappa shape index (κ3) is 6.75. The highest BCUT2D eigenvalue weighted by Crippen LogP contribution is 2.27. The number of carbonyl (C=O) groups excluding carboxylic acids is 4. The molecule has 0 spiro atoms. The third-order valence-corrected chi connectivity index (χ3v) is 7.73. The van der Waals surface area contributed by atoms with Crippen LogP contribution < -0.4 is 16.1 Å². The normalized spacial score (nSPS) is 26.9. The molecule has 1 fully saturated rings. The quantitative estimate of drug-likeness (QED) is 0.454. The van der Waals surface area contributed by atoms with Gasteiger partial charge < -0.3 is 15.4 Å². The molecule has 1 aromatic heterocycles. The van der Waals surface area contributed by atoms with Crippen molar-refractivity contribution in [3.05, 3.63) is 47.2 Å². The maximum Gasteiger partial charge on any atom is 0.325 e. The number of hydrogen-bond donors (Lipinski definition) is 3. The number of amides is 3. The molecule has 0 aliphatic carbocycles. The first-order valence-corrected chi connectivity index (χ1v) is 14.3. The lowest BCUT2D eigenvalue weighted by Crippen LogP contribution is -2.61. The van der Waals surface area contributed by atoms with E-state index in [4.69, 9.17) is 9.72 Å². The van der Waals surface area contributed by atoms with Gasteiger partial charge in [-0.1, -0.05) is 38.1 Å². The van der Waals surface area contributed by atoms with Crippen molar-refractivity contribution in [2.24, 2.45) is 11.3 Å². The molecule has 2 aromatic rings. The summed E-state index contributed by atoms with van der Waals surface area (Å²) in [6.07, 6.45) is 4.15. The monoisotopic (exact) mass is 563 g/mol. The Kier molecular flexibility index (Phi) is 8.82. The molecule has 2 aliphatic heterocycles. The van der Waals surface area contributed by atoms with Gasteiger partial charge in [0.05, 0.1) is 16.6 Å². The maximum absolute atomic E-state index is 13.3. The lowest BCUT2D eigenvalue weighted by Gasteiger charge is -2.35. The number of nitrogens with one attached hydrogen (secondary N) is 3. The molecule has 0 radical (unpaired) electrons. The predicted molar refractivity (Wildman–Crippen MR) is 156 cm³/mol. The zero-order valence-electron chi connectivity index (χ0n) is 24.9. The molecule has 10 heteroatoms. The van der Waals surface area contributed by atoms with E-state index in [1.54, 1.807) is 33.8 Å². The number of benzene rings is 1. The fourth-order valence-corrected chi connectivity index (χ4v) is 5.09. The number of cyclic esters (lactones) is 1. The van der Waals surface area contributed by atoms with Crippen molar-refractivity contribution in [3.8, 4) is 0 Å². The highest BCUT2D eigenvalue weighted by atomic mass is 16.5. The summed E-state index contributed by atoms with van der Waals surface area (Å²) in [4.78, 5) is 57.8. The fraction of sp³-hybridized carbons (Fsp3) is 0.516. The van der Waals surface area contributed by atoms with Gasteiger partial charge in [0.1, 0.15) is 24.2 Å². The van der Waals surface area contributed by atoms with Crippen molar-refractivity contribution in [1.29, 1.82) is 0 Å². The van der Waals surface area contributed by atoms with Crippen LogP contribution in [0.5, 0.6) is 0 Å². The average Bonchev–Trinajstić information content (AvgIpc) is 2.93. The van der Waals surface area contributed by atoms with Gasteiger partial charge in [-0.2, -0.15) is 0 Å². The minimum Gasteiger partial charge on any atom is -0.455 e. The summed E-state index contributed by atoms with van der Waals surface area (Å²) in [5, 5.41) is 7.94. The number of hydrazine groups is 1. The van der Waals surface area contributed by atoms with Gasteiger partial charge in [-0.05, 0) is 76.6 Å². The van der Waals surface area contributed by atoms with Gasteiger partial charge in [0, 0.05) is 11.9 Å². The summed E-state index contributed by atoms with van der Waals surface area (Å²) in [5.41, 5.74) is 5.20. The van der Waals surface area contributed by atoms with Crippen molar-refractivity contribution < 1.29 is 23.9 Å². The van der Waals surface area contributed by atoms with E-state index in [9.17, 15) is 19.2 Å². The molecule has 2 aliphatic rings. The van der Waals surface area contributed by atoms with Crippen molar-refractivity contribution in [2.75, 3.05) is 6.54 Å². The summed E-state index contributed by atoms with van der Waals surface area (Å²) < 4.78 is 5.83. The molecular formula is C31H41N5O5. The molecule has 4 atom stereocenters. The molecule has 3 unspecified atom stereocenters. The lowest BCUT2D eigenvalue weighted by molar-refractivity contribution is -0.157. The van der Waals surface area contributed by atoms with Crippen LogP contribution in [0.15, 0.2) is 30.3 Å². The Morgan fingerprint density at radius 3 is 2.51 bits per heavy atom. The van der Waals surface area contributed by atoms with E-state index in [1.165, 1.54) is 5.01 Å². The number of fused-ring (bicyclic) bond motifs is 4. The standard InChI is InChI=1S/C31H41N5O5/c1-17(2)25-27(37)32-19(4)28(38)36-14-8-9-23(35-36)29(39)41-20(5)26-18(3)15-22-11-10-21(16-24(22)33-26)12-13-31(6,7)30(40)34-25/h10-13,15-17,19-20,23,25,35H,8-9,14H2,1-7H3,(H,32,37)(H,34,40)/b13-12+/t19?,20-,23?,25?/m1/s1. The molecule has 3 amide bonds. The van der Waals surface area contributed by atoms with Crippen LogP contribution in [0.2, 0.25) is 0 Å². The third-order valence-electron chi connectivity index (χ3n) is 7.73. The number of aromatic nitrogens is 1. The van der Waals surface area contributed by atoms with Crippen LogP contribution in [0, 0.1) is 18.3 Å². The highest BCUT2D eigenvalue weighted by Gasteiger charge is 2.35. The summed E-state index contributed by atoms with van der Waals surface area (Å²) in [5.74, 6) is -1.84. The number of esters is 1.